The van der Waals surface area contributed by atoms with Crippen LogP contribution in [0, 0.1) is 17.7 Å². The van der Waals surface area contributed by atoms with Crippen molar-refractivity contribution in [2.45, 2.75) is 39.5 Å². The fourth-order valence-electron chi connectivity index (χ4n) is 2.72. The minimum absolute atomic E-state index is 0.0326. The lowest BCUT2D eigenvalue weighted by Gasteiger charge is -2.18. The first kappa shape index (κ1) is 14.9. The average molecular weight is 280 g/mol. The summed E-state index contributed by atoms with van der Waals surface area (Å²) in [4.78, 5) is 12.3. The van der Waals surface area contributed by atoms with Crippen molar-refractivity contribution in [3.63, 3.8) is 0 Å². The highest BCUT2D eigenvalue weighted by Crippen LogP contribution is 2.33. The molecule has 4 unspecified atom stereocenters. The number of ether oxygens (including phenoxy) is 1. The molecule has 3 N–H and O–H groups in total. The standard InChI is InChI=1S/C15H21FN2O2/c1-8-9(2)20-10(3)14(8)15(19)18-13-5-4-11(7-17)6-12(13)16/h4-6,8-10,14H,7,17H2,1-3H3,(H,18,19). The fraction of sp³-hybridized carbons (Fsp3) is 0.533. The number of amides is 1. The SMILES string of the molecule is CC1OC(C)C(C(=O)Nc2ccc(CN)cc2F)C1C. The molecule has 5 heteroatoms. The molecule has 2 rings (SSSR count). The molecule has 0 spiro atoms. The second-order valence-electron chi connectivity index (χ2n) is 5.44. The van der Waals surface area contributed by atoms with E-state index in [0.717, 1.165) is 0 Å². The molecule has 0 radical (unpaired) electrons. The van der Waals surface area contributed by atoms with Crippen LogP contribution in [-0.2, 0) is 16.1 Å². The van der Waals surface area contributed by atoms with Crippen LogP contribution in [0.15, 0.2) is 18.2 Å². The van der Waals surface area contributed by atoms with E-state index in [-0.39, 0.29) is 42.2 Å². The van der Waals surface area contributed by atoms with Gasteiger partial charge in [-0.25, -0.2) is 4.39 Å². The molecule has 1 aliphatic heterocycles. The van der Waals surface area contributed by atoms with E-state index in [1.54, 1.807) is 12.1 Å². The third kappa shape index (κ3) is 2.83. The van der Waals surface area contributed by atoms with E-state index < -0.39 is 5.82 Å². The predicted octanol–water partition coefficient (Wildman–Crippen LogP) is 2.28. The van der Waals surface area contributed by atoms with Crippen LogP contribution in [0.25, 0.3) is 0 Å². The molecule has 110 valence electrons. The van der Waals surface area contributed by atoms with Crippen molar-refractivity contribution in [3.8, 4) is 0 Å². The maximum Gasteiger partial charge on any atom is 0.230 e. The van der Waals surface area contributed by atoms with E-state index in [4.69, 9.17) is 10.5 Å². The molecule has 0 aliphatic carbocycles. The first-order valence-corrected chi connectivity index (χ1v) is 6.89. The lowest BCUT2D eigenvalue weighted by molar-refractivity contribution is -0.122. The van der Waals surface area contributed by atoms with Crippen molar-refractivity contribution in [3.05, 3.63) is 29.6 Å². The van der Waals surface area contributed by atoms with E-state index in [1.807, 2.05) is 20.8 Å². The molecule has 1 aromatic carbocycles. The summed E-state index contributed by atoms with van der Waals surface area (Å²) in [6, 6.07) is 4.60. The third-order valence-electron chi connectivity index (χ3n) is 4.07. The highest BCUT2D eigenvalue weighted by molar-refractivity contribution is 5.93. The lowest BCUT2D eigenvalue weighted by Crippen LogP contribution is -2.32. The molecule has 0 saturated carbocycles. The van der Waals surface area contributed by atoms with Gasteiger partial charge in [0.05, 0.1) is 23.8 Å². The highest BCUT2D eigenvalue weighted by Gasteiger charge is 2.41. The van der Waals surface area contributed by atoms with Crippen molar-refractivity contribution >= 4 is 11.6 Å². The number of benzene rings is 1. The van der Waals surface area contributed by atoms with Crippen molar-refractivity contribution < 1.29 is 13.9 Å². The quantitative estimate of drug-likeness (QED) is 0.892. The molecular formula is C15H21FN2O2. The largest absolute Gasteiger partial charge is 0.374 e. The van der Waals surface area contributed by atoms with Crippen LogP contribution >= 0.6 is 0 Å². The Labute approximate surface area is 118 Å². The second-order valence-corrected chi connectivity index (χ2v) is 5.44. The van der Waals surface area contributed by atoms with Crippen LogP contribution in [0.1, 0.15) is 26.3 Å². The van der Waals surface area contributed by atoms with E-state index in [9.17, 15) is 9.18 Å². The maximum atomic E-state index is 13.9. The Kier molecular flexibility index (Phi) is 4.40. The van der Waals surface area contributed by atoms with Gasteiger partial charge in [-0.3, -0.25) is 4.79 Å². The van der Waals surface area contributed by atoms with E-state index >= 15 is 0 Å². The Morgan fingerprint density at radius 3 is 2.55 bits per heavy atom. The Morgan fingerprint density at radius 1 is 1.35 bits per heavy atom. The lowest BCUT2D eigenvalue weighted by atomic mass is 9.89. The number of carbonyl (C=O) groups is 1. The van der Waals surface area contributed by atoms with Crippen molar-refractivity contribution in [1.82, 2.24) is 0 Å². The zero-order valence-electron chi connectivity index (χ0n) is 12.0. The highest BCUT2D eigenvalue weighted by atomic mass is 19.1. The summed E-state index contributed by atoms with van der Waals surface area (Å²) in [6.07, 6.45) is -0.128. The van der Waals surface area contributed by atoms with E-state index in [1.165, 1.54) is 6.07 Å². The molecule has 4 atom stereocenters. The number of hydrogen-bond acceptors (Lipinski definition) is 3. The zero-order valence-corrected chi connectivity index (χ0v) is 12.0. The Bertz CT molecular complexity index is 507. The predicted molar refractivity (Wildman–Crippen MR) is 75.6 cm³/mol. The van der Waals surface area contributed by atoms with Crippen LogP contribution in [0.5, 0.6) is 0 Å². The number of carbonyl (C=O) groups excluding carboxylic acids is 1. The van der Waals surface area contributed by atoms with Gasteiger partial charge < -0.3 is 15.8 Å². The minimum atomic E-state index is -0.464. The summed E-state index contributed by atoms with van der Waals surface area (Å²) in [5, 5.41) is 2.65. The summed E-state index contributed by atoms with van der Waals surface area (Å²) in [5.74, 6) is -0.822. The van der Waals surface area contributed by atoms with Crippen LogP contribution < -0.4 is 11.1 Å². The van der Waals surface area contributed by atoms with E-state index in [2.05, 4.69) is 5.32 Å². The molecule has 1 heterocycles. The van der Waals surface area contributed by atoms with Crippen molar-refractivity contribution in [2.75, 3.05) is 5.32 Å². The van der Waals surface area contributed by atoms with Gasteiger partial charge in [0.25, 0.3) is 0 Å². The van der Waals surface area contributed by atoms with E-state index in [0.29, 0.717) is 5.56 Å². The monoisotopic (exact) mass is 280 g/mol. The van der Waals surface area contributed by atoms with Gasteiger partial charge in [0.1, 0.15) is 5.82 Å². The Balaban J connectivity index is 2.12. The molecule has 1 aromatic rings. The normalized spacial score (nSPS) is 29.4. The molecule has 1 amide bonds. The number of halogens is 1. The van der Waals surface area contributed by atoms with Crippen LogP contribution in [0.2, 0.25) is 0 Å². The third-order valence-corrected chi connectivity index (χ3v) is 4.07. The zero-order chi connectivity index (χ0) is 14.9. The summed E-state index contributed by atoms with van der Waals surface area (Å²) in [6.45, 7) is 6.07. The number of nitrogens with one attached hydrogen (secondary N) is 1. The van der Waals surface area contributed by atoms with Crippen molar-refractivity contribution in [2.24, 2.45) is 17.6 Å². The minimum Gasteiger partial charge on any atom is -0.374 e. The second kappa shape index (κ2) is 5.89. The van der Waals surface area contributed by atoms with Crippen LogP contribution in [-0.4, -0.2) is 18.1 Å². The Hall–Kier alpha value is -1.46. The molecule has 0 bridgehead atoms. The van der Waals surface area contributed by atoms with Gasteiger partial charge in [0.15, 0.2) is 0 Å². The number of rotatable bonds is 3. The summed E-state index contributed by atoms with van der Waals surface area (Å²) < 4.78 is 19.5. The molecule has 20 heavy (non-hydrogen) atoms. The van der Waals surface area contributed by atoms with Gasteiger partial charge in [-0.1, -0.05) is 13.0 Å². The van der Waals surface area contributed by atoms with Gasteiger partial charge in [-0.2, -0.15) is 0 Å². The van der Waals surface area contributed by atoms with Gasteiger partial charge in [-0.05, 0) is 37.5 Å². The van der Waals surface area contributed by atoms with Crippen molar-refractivity contribution in [1.29, 1.82) is 0 Å². The molecule has 1 fully saturated rings. The summed E-state index contributed by atoms with van der Waals surface area (Å²) in [7, 11) is 0. The smallest absolute Gasteiger partial charge is 0.230 e. The Morgan fingerprint density at radius 2 is 2.05 bits per heavy atom. The molecule has 0 aromatic heterocycles. The van der Waals surface area contributed by atoms with Gasteiger partial charge in [0.2, 0.25) is 5.91 Å². The van der Waals surface area contributed by atoms with Gasteiger partial charge in [-0.15, -0.1) is 0 Å². The average Bonchev–Trinajstić information content (AvgIpc) is 2.65. The molecule has 1 aliphatic rings. The summed E-state index contributed by atoms with van der Waals surface area (Å²) >= 11 is 0. The topological polar surface area (TPSA) is 64.3 Å². The number of hydrogen-bond donors (Lipinski definition) is 2. The van der Waals surface area contributed by atoms with Crippen LogP contribution in [0.4, 0.5) is 10.1 Å². The van der Waals surface area contributed by atoms with Gasteiger partial charge in [0, 0.05) is 6.54 Å². The fourth-order valence-corrected chi connectivity index (χ4v) is 2.72. The number of anilines is 1. The molecule has 4 nitrogen and oxygen atoms in total. The van der Waals surface area contributed by atoms with Crippen LogP contribution in [0.3, 0.4) is 0 Å². The first-order valence-electron chi connectivity index (χ1n) is 6.89. The maximum absolute atomic E-state index is 13.9. The number of nitrogens with two attached hydrogens (primary N) is 1. The molecule has 1 saturated heterocycles. The first-order chi connectivity index (χ1) is 9.43. The van der Waals surface area contributed by atoms with Gasteiger partial charge >= 0.3 is 0 Å². The summed E-state index contributed by atoms with van der Waals surface area (Å²) in [5.41, 5.74) is 6.33. The molecular weight excluding hydrogens is 259 g/mol.